The molecule has 1 aromatic carbocycles. The van der Waals surface area contributed by atoms with Gasteiger partial charge in [-0.05, 0) is 49.2 Å². The molecule has 0 aliphatic carbocycles. The molecule has 0 saturated heterocycles. The highest BCUT2D eigenvalue weighted by atomic mass is 32.2. The van der Waals surface area contributed by atoms with Crippen LogP contribution in [0.2, 0.25) is 0 Å². The van der Waals surface area contributed by atoms with Crippen LogP contribution in [0.3, 0.4) is 0 Å². The van der Waals surface area contributed by atoms with Crippen molar-refractivity contribution in [3.63, 3.8) is 0 Å². The number of hydrogen-bond donors (Lipinski definition) is 0. The van der Waals surface area contributed by atoms with Crippen molar-refractivity contribution in [3.8, 4) is 28.5 Å². The molecular formula is C24H21N7OS. The summed E-state index contributed by atoms with van der Waals surface area (Å²) in [5, 5.41) is 13.9. The van der Waals surface area contributed by atoms with E-state index in [9.17, 15) is 0 Å². The maximum absolute atomic E-state index is 5.41. The number of pyridine rings is 2. The zero-order valence-corrected chi connectivity index (χ0v) is 18.8. The van der Waals surface area contributed by atoms with E-state index in [2.05, 4.69) is 53.9 Å². The zero-order valence-electron chi connectivity index (χ0n) is 18.0. The summed E-state index contributed by atoms with van der Waals surface area (Å²) in [4.78, 5) is 12.8. The van der Waals surface area contributed by atoms with E-state index in [0.717, 1.165) is 45.5 Å². The van der Waals surface area contributed by atoms with Gasteiger partial charge in [-0.25, -0.2) is 0 Å². The zero-order chi connectivity index (χ0) is 22.5. The summed E-state index contributed by atoms with van der Waals surface area (Å²) in [6, 6.07) is 15.9. The molecule has 4 heterocycles. The molecule has 0 aliphatic rings. The molecule has 0 bridgehead atoms. The Morgan fingerprint density at radius 1 is 0.909 bits per heavy atom. The number of nitrogens with zero attached hydrogens (tertiary/aromatic N) is 7. The lowest BCUT2D eigenvalue weighted by Crippen LogP contribution is -2.02. The molecule has 0 N–H and O–H groups in total. The second-order valence-corrected chi connectivity index (χ2v) is 8.43. The quantitative estimate of drug-likeness (QED) is 0.243. The minimum absolute atomic E-state index is 0.584. The average Bonchev–Trinajstić information content (AvgIpc) is 3.51. The van der Waals surface area contributed by atoms with Crippen LogP contribution in [0.1, 0.15) is 17.9 Å². The first-order chi connectivity index (χ1) is 16.3. The summed E-state index contributed by atoms with van der Waals surface area (Å²) in [5.74, 6) is 2.82. The Bertz CT molecular complexity index is 1340. The van der Waals surface area contributed by atoms with Gasteiger partial charge in [-0.2, -0.15) is 4.98 Å². The first-order valence-electron chi connectivity index (χ1n) is 10.6. The van der Waals surface area contributed by atoms with Crippen molar-refractivity contribution in [2.75, 3.05) is 5.75 Å². The maximum Gasteiger partial charge on any atom is 0.226 e. The summed E-state index contributed by atoms with van der Waals surface area (Å²) in [6.07, 6.45) is 8.55. The number of para-hydroxylation sites is 1. The van der Waals surface area contributed by atoms with Gasteiger partial charge in [0.05, 0.1) is 5.69 Å². The number of benzene rings is 1. The molecule has 8 nitrogen and oxygen atoms in total. The van der Waals surface area contributed by atoms with Crippen LogP contribution in [-0.4, -0.2) is 40.6 Å². The van der Waals surface area contributed by atoms with Crippen LogP contribution in [0.15, 0.2) is 83.0 Å². The Labute approximate surface area is 195 Å². The van der Waals surface area contributed by atoms with Crippen LogP contribution in [0.4, 0.5) is 0 Å². The summed E-state index contributed by atoms with van der Waals surface area (Å²) >= 11 is 1.66. The van der Waals surface area contributed by atoms with Crippen LogP contribution < -0.4 is 0 Å². The summed E-state index contributed by atoms with van der Waals surface area (Å²) in [6.45, 7) is 2.09. The molecule has 5 aromatic rings. The fraction of sp³-hybridized carbons (Fsp3) is 0.167. The van der Waals surface area contributed by atoms with Gasteiger partial charge in [0.1, 0.15) is 0 Å². The summed E-state index contributed by atoms with van der Waals surface area (Å²) in [7, 11) is 0. The number of rotatable bonds is 8. The van der Waals surface area contributed by atoms with Crippen LogP contribution in [0.5, 0.6) is 0 Å². The molecule has 33 heavy (non-hydrogen) atoms. The first-order valence-corrected chi connectivity index (χ1v) is 11.6. The van der Waals surface area contributed by atoms with Gasteiger partial charge in [0.2, 0.25) is 11.7 Å². The Balaban J connectivity index is 1.31. The predicted octanol–water partition coefficient (Wildman–Crippen LogP) is 4.81. The maximum atomic E-state index is 5.41. The number of thioether (sulfide) groups is 1. The molecule has 0 spiro atoms. The van der Waals surface area contributed by atoms with E-state index in [0.29, 0.717) is 18.1 Å². The van der Waals surface area contributed by atoms with E-state index in [-0.39, 0.29) is 0 Å². The Morgan fingerprint density at radius 2 is 1.79 bits per heavy atom. The van der Waals surface area contributed by atoms with Gasteiger partial charge in [-0.3, -0.25) is 14.5 Å². The van der Waals surface area contributed by atoms with Crippen LogP contribution in [-0.2, 0) is 6.42 Å². The highest BCUT2D eigenvalue weighted by Gasteiger charge is 2.17. The normalized spacial score (nSPS) is 11.1. The average molecular weight is 456 g/mol. The lowest BCUT2D eigenvalue weighted by Gasteiger charge is -2.12. The standard InChI is InChI=1S/C24H21N7OS/c1-17-6-2-3-8-20(17)31-23(19-7-4-12-26-16-19)28-29-24(31)33-15-5-9-21-27-22(30-32-21)18-10-13-25-14-11-18/h2-4,6-8,10-14,16H,5,9,15H2,1H3. The molecule has 0 fully saturated rings. The smallest absolute Gasteiger partial charge is 0.226 e. The van der Waals surface area contributed by atoms with Gasteiger partial charge in [0, 0.05) is 48.1 Å². The van der Waals surface area contributed by atoms with Crippen LogP contribution >= 0.6 is 11.8 Å². The van der Waals surface area contributed by atoms with Gasteiger partial charge in [-0.15, -0.1) is 10.2 Å². The van der Waals surface area contributed by atoms with E-state index >= 15 is 0 Å². The summed E-state index contributed by atoms with van der Waals surface area (Å²) < 4.78 is 7.51. The first kappa shape index (κ1) is 21.0. The van der Waals surface area contributed by atoms with Crippen molar-refractivity contribution >= 4 is 11.8 Å². The lowest BCUT2D eigenvalue weighted by molar-refractivity contribution is 0.378. The van der Waals surface area contributed by atoms with Gasteiger partial charge < -0.3 is 4.52 Å². The molecule has 4 aromatic heterocycles. The van der Waals surface area contributed by atoms with E-state index in [1.54, 1.807) is 30.4 Å². The largest absolute Gasteiger partial charge is 0.339 e. The number of aryl methyl sites for hydroxylation is 2. The fourth-order valence-corrected chi connectivity index (χ4v) is 4.32. The molecule has 5 rings (SSSR count). The molecular weight excluding hydrogens is 434 g/mol. The topological polar surface area (TPSA) is 95.4 Å². The third-order valence-electron chi connectivity index (χ3n) is 5.08. The van der Waals surface area contributed by atoms with Gasteiger partial charge in [0.15, 0.2) is 11.0 Å². The minimum atomic E-state index is 0.584. The van der Waals surface area contributed by atoms with Crippen molar-refractivity contribution < 1.29 is 4.52 Å². The lowest BCUT2D eigenvalue weighted by atomic mass is 10.2. The van der Waals surface area contributed by atoms with E-state index in [1.807, 2.05) is 42.6 Å². The van der Waals surface area contributed by atoms with Crippen molar-refractivity contribution in [2.24, 2.45) is 0 Å². The number of hydrogen-bond acceptors (Lipinski definition) is 8. The van der Waals surface area contributed by atoms with Gasteiger partial charge >= 0.3 is 0 Å². The molecule has 0 atom stereocenters. The highest BCUT2D eigenvalue weighted by molar-refractivity contribution is 7.99. The van der Waals surface area contributed by atoms with Gasteiger partial charge in [-0.1, -0.05) is 35.1 Å². The Kier molecular flexibility index (Phi) is 6.21. The van der Waals surface area contributed by atoms with Crippen molar-refractivity contribution in [1.82, 2.24) is 34.9 Å². The third-order valence-corrected chi connectivity index (χ3v) is 6.10. The fourth-order valence-electron chi connectivity index (χ4n) is 3.44. The van der Waals surface area contributed by atoms with Crippen molar-refractivity contribution in [1.29, 1.82) is 0 Å². The molecule has 0 saturated carbocycles. The molecule has 164 valence electrons. The van der Waals surface area contributed by atoms with E-state index < -0.39 is 0 Å². The summed E-state index contributed by atoms with van der Waals surface area (Å²) in [5.41, 5.74) is 4.03. The molecule has 9 heteroatoms. The third kappa shape index (κ3) is 4.68. The highest BCUT2D eigenvalue weighted by Crippen LogP contribution is 2.29. The van der Waals surface area contributed by atoms with Crippen LogP contribution in [0, 0.1) is 6.92 Å². The van der Waals surface area contributed by atoms with Crippen LogP contribution in [0.25, 0.3) is 28.5 Å². The minimum Gasteiger partial charge on any atom is -0.339 e. The van der Waals surface area contributed by atoms with E-state index in [1.165, 1.54) is 0 Å². The van der Waals surface area contributed by atoms with Gasteiger partial charge in [0.25, 0.3) is 0 Å². The second kappa shape index (κ2) is 9.74. The van der Waals surface area contributed by atoms with Crippen molar-refractivity contribution in [2.45, 2.75) is 24.9 Å². The molecule has 0 amide bonds. The predicted molar refractivity (Wildman–Crippen MR) is 126 cm³/mol. The monoisotopic (exact) mass is 455 g/mol. The Hall–Kier alpha value is -3.85. The van der Waals surface area contributed by atoms with Crippen molar-refractivity contribution in [3.05, 3.63) is 84.8 Å². The van der Waals surface area contributed by atoms with E-state index in [4.69, 9.17) is 4.52 Å². The molecule has 0 aliphatic heterocycles. The number of aromatic nitrogens is 7. The SMILES string of the molecule is Cc1ccccc1-n1c(SCCCc2nc(-c3ccncc3)no2)nnc1-c1cccnc1. The molecule has 0 unspecified atom stereocenters. The Morgan fingerprint density at radius 3 is 2.61 bits per heavy atom. The second-order valence-electron chi connectivity index (χ2n) is 7.37. The molecule has 0 radical (unpaired) electrons.